The Bertz CT molecular complexity index is 1300. The summed E-state index contributed by atoms with van der Waals surface area (Å²) in [4.78, 5) is 2.33. The summed E-state index contributed by atoms with van der Waals surface area (Å²) in [6.45, 7) is 6.52. The van der Waals surface area contributed by atoms with E-state index in [2.05, 4.69) is 147 Å². The summed E-state index contributed by atoms with van der Waals surface area (Å²) in [7, 11) is 0. The molecule has 5 aromatic rings. The summed E-state index contributed by atoms with van der Waals surface area (Å²) in [6.07, 6.45) is 2.13. The Morgan fingerprint density at radius 2 is 0.667 bits per heavy atom. The SMILES string of the molecule is CCc1ccc(-c2ccc(N(c3ccc(C)cc3)c3ccc(-c4ccc(CC)cc4)cc3)cc2)cc1. The van der Waals surface area contributed by atoms with Crippen molar-refractivity contribution < 1.29 is 0 Å². The fraction of sp³-hybridized carbons (Fsp3) is 0.143. The van der Waals surface area contributed by atoms with E-state index in [0.29, 0.717) is 0 Å². The van der Waals surface area contributed by atoms with Crippen LogP contribution in [0.3, 0.4) is 0 Å². The van der Waals surface area contributed by atoms with Gasteiger partial charge in [-0.3, -0.25) is 0 Å². The lowest BCUT2D eigenvalue weighted by Crippen LogP contribution is -2.09. The van der Waals surface area contributed by atoms with Gasteiger partial charge in [0.1, 0.15) is 0 Å². The fourth-order valence-corrected chi connectivity index (χ4v) is 4.61. The third-order valence-corrected chi connectivity index (χ3v) is 6.93. The molecule has 1 nitrogen and oxygen atoms in total. The minimum absolute atomic E-state index is 1.06. The molecule has 5 aromatic carbocycles. The maximum Gasteiger partial charge on any atom is 0.0462 e. The van der Waals surface area contributed by atoms with E-state index in [1.165, 1.54) is 38.9 Å². The summed E-state index contributed by atoms with van der Waals surface area (Å²) in [5, 5.41) is 0. The molecular weight excluding hydrogens is 434 g/mol. The first-order chi connectivity index (χ1) is 17.6. The van der Waals surface area contributed by atoms with E-state index < -0.39 is 0 Å². The van der Waals surface area contributed by atoms with Crippen LogP contribution in [0.2, 0.25) is 0 Å². The quantitative estimate of drug-likeness (QED) is 0.230. The van der Waals surface area contributed by atoms with E-state index >= 15 is 0 Å². The lowest BCUT2D eigenvalue weighted by Gasteiger charge is -2.26. The van der Waals surface area contributed by atoms with E-state index in [-0.39, 0.29) is 0 Å². The molecule has 0 amide bonds. The van der Waals surface area contributed by atoms with Crippen molar-refractivity contribution in [2.24, 2.45) is 0 Å². The highest BCUT2D eigenvalue weighted by atomic mass is 15.1. The van der Waals surface area contributed by atoms with Crippen LogP contribution in [0.5, 0.6) is 0 Å². The molecule has 0 unspecified atom stereocenters. The van der Waals surface area contributed by atoms with Crippen LogP contribution in [0.15, 0.2) is 121 Å². The summed E-state index contributed by atoms with van der Waals surface area (Å²) in [5.41, 5.74) is 12.4. The Morgan fingerprint density at radius 1 is 0.389 bits per heavy atom. The molecule has 0 bridgehead atoms. The molecule has 0 fully saturated rings. The summed E-state index contributed by atoms with van der Waals surface area (Å²) >= 11 is 0. The molecule has 0 heterocycles. The number of aryl methyl sites for hydroxylation is 3. The molecule has 5 rings (SSSR count). The number of nitrogens with zero attached hydrogens (tertiary/aromatic N) is 1. The second kappa shape index (κ2) is 10.7. The van der Waals surface area contributed by atoms with Crippen LogP contribution in [-0.4, -0.2) is 0 Å². The van der Waals surface area contributed by atoms with Gasteiger partial charge in [-0.25, -0.2) is 0 Å². The van der Waals surface area contributed by atoms with Crippen molar-refractivity contribution in [2.45, 2.75) is 33.6 Å². The highest BCUT2D eigenvalue weighted by Crippen LogP contribution is 2.36. The molecule has 36 heavy (non-hydrogen) atoms. The van der Waals surface area contributed by atoms with Crippen LogP contribution >= 0.6 is 0 Å². The van der Waals surface area contributed by atoms with Gasteiger partial charge < -0.3 is 4.90 Å². The van der Waals surface area contributed by atoms with Gasteiger partial charge in [0, 0.05) is 17.1 Å². The van der Waals surface area contributed by atoms with E-state index in [0.717, 1.165) is 29.9 Å². The van der Waals surface area contributed by atoms with Crippen LogP contribution in [0.4, 0.5) is 17.1 Å². The molecule has 0 aromatic heterocycles. The first-order valence-electron chi connectivity index (χ1n) is 12.9. The minimum Gasteiger partial charge on any atom is -0.311 e. The maximum atomic E-state index is 2.33. The molecule has 178 valence electrons. The molecule has 1 heteroatoms. The van der Waals surface area contributed by atoms with Crippen LogP contribution in [-0.2, 0) is 12.8 Å². The Kier molecular flexibility index (Phi) is 7.00. The van der Waals surface area contributed by atoms with Crippen molar-refractivity contribution in [2.75, 3.05) is 4.90 Å². The van der Waals surface area contributed by atoms with Gasteiger partial charge in [-0.1, -0.05) is 104 Å². The first kappa shape index (κ1) is 23.6. The van der Waals surface area contributed by atoms with Crippen LogP contribution in [0, 0.1) is 6.92 Å². The molecule has 0 aliphatic rings. The predicted molar refractivity (Wildman–Crippen MR) is 155 cm³/mol. The molecule has 0 spiro atoms. The summed E-state index contributed by atoms with van der Waals surface area (Å²) in [5.74, 6) is 0. The third kappa shape index (κ3) is 5.11. The van der Waals surface area contributed by atoms with Gasteiger partial charge in [0.25, 0.3) is 0 Å². The van der Waals surface area contributed by atoms with Gasteiger partial charge in [-0.2, -0.15) is 0 Å². The van der Waals surface area contributed by atoms with Crippen molar-refractivity contribution in [1.29, 1.82) is 0 Å². The third-order valence-electron chi connectivity index (χ3n) is 6.93. The second-order valence-electron chi connectivity index (χ2n) is 9.37. The van der Waals surface area contributed by atoms with Crippen LogP contribution in [0.25, 0.3) is 22.3 Å². The van der Waals surface area contributed by atoms with Crippen LogP contribution < -0.4 is 4.90 Å². The summed E-state index contributed by atoms with van der Waals surface area (Å²) in [6, 6.07) is 44.3. The Morgan fingerprint density at radius 3 is 0.972 bits per heavy atom. The van der Waals surface area contributed by atoms with E-state index in [9.17, 15) is 0 Å². The average molecular weight is 468 g/mol. The standard InChI is InChI=1S/C35H33N/c1-4-27-8-12-29(13-9-27)31-16-22-34(23-17-31)36(33-20-6-26(3)7-21-33)35-24-18-32(19-25-35)30-14-10-28(5-2)11-15-30/h6-25H,4-5H2,1-3H3. The lowest BCUT2D eigenvalue weighted by molar-refractivity contribution is 1.14. The first-order valence-corrected chi connectivity index (χ1v) is 12.9. The molecular formula is C35H33N. The van der Waals surface area contributed by atoms with Gasteiger partial charge in [-0.15, -0.1) is 0 Å². The molecule has 0 radical (unpaired) electrons. The minimum atomic E-state index is 1.06. The maximum absolute atomic E-state index is 2.33. The predicted octanol–water partition coefficient (Wildman–Crippen LogP) is 9.92. The van der Waals surface area contributed by atoms with Crippen molar-refractivity contribution >= 4 is 17.1 Å². The van der Waals surface area contributed by atoms with Crippen molar-refractivity contribution in [1.82, 2.24) is 0 Å². The van der Waals surface area contributed by atoms with Crippen molar-refractivity contribution in [3.8, 4) is 22.3 Å². The Balaban J connectivity index is 1.48. The fourth-order valence-electron chi connectivity index (χ4n) is 4.61. The molecule has 0 saturated carbocycles. The zero-order chi connectivity index (χ0) is 24.9. The Hall–Kier alpha value is -4.10. The number of rotatable bonds is 7. The van der Waals surface area contributed by atoms with Crippen LogP contribution in [0.1, 0.15) is 30.5 Å². The average Bonchev–Trinajstić information content (AvgIpc) is 2.95. The zero-order valence-electron chi connectivity index (χ0n) is 21.4. The smallest absolute Gasteiger partial charge is 0.0462 e. The van der Waals surface area contributed by atoms with Gasteiger partial charge >= 0.3 is 0 Å². The number of anilines is 3. The van der Waals surface area contributed by atoms with Gasteiger partial charge in [-0.05, 0) is 89.5 Å². The second-order valence-corrected chi connectivity index (χ2v) is 9.37. The Labute approximate surface area is 215 Å². The van der Waals surface area contributed by atoms with Gasteiger partial charge in [0.2, 0.25) is 0 Å². The topological polar surface area (TPSA) is 3.24 Å². The molecule has 0 aliphatic carbocycles. The molecule has 0 aliphatic heterocycles. The van der Waals surface area contributed by atoms with Gasteiger partial charge in [0.05, 0.1) is 0 Å². The zero-order valence-corrected chi connectivity index (χ0v) is 21.4. The highest BCUT2D eigenvalue weighted by Gasteiger charge is 2.13. The normalized spacial score (nSPS) is 10.9. The number of benzene rings is 5. The number of hydrogen-bond donors (Lipinski definition) is 0. The molecule has 0 N–H and O–H groups in total. The highest BCUT2D eigenvalue weighted by molar-refractivity contribution is 5.79. The van der Waals surface area contributed by atoms with E-state index in [4.69, 9.17) is 0 Å². The molecule has 0 atom stereocenters. The lowest BCUT2D eigenvalue weighted by atomic mass is 10.0. The molecule has 0 saturated heterocycles. The van der Waals surface area contributed by atoms with Gasteiger partial charge in [0.15, 0.2) is 0 Å². The van der Waals surface area contributed by atoms with Crippen molar-refractivity contribution in [3.05, 3.63) is 138 Å². The monoisotopic (exact) mass is 467 g/mol. The summed E-state index contributed by atoms with van der Waals surface area (Å²) < 4.78 is 0. The van der Waals surface area contributed by atoms with E-state index in [1.54, 1.807) is 0 Å². The number of hydrogen-bond acceptors (Lipinski definition) is 1. The largest absolute Gasteiger partial charge is 0.311 e. The van der Waals surface area contributed by atoms with E-state index in [1.807, 2.05) is 0 Å². The van der Waals surface area contributed by atoms with Crippen molar-refractivity contribution in [3.63, 3.8) is 0 Å².